The maximum atomic E-state index is 6.54. The van der Waals surface area contributed by atoms with Crippen LogP contribution in [0.5, 0.6) is 11.5 Å². The number of halogens is 1. The molecule has 5 rings (SSSR count). The van der Waals surface area contributed by atoms with Gasteiger partial charge in [0.1, 0.15) is 6.61 Å². The first-order chi connectivity index (χ1) is 14.7. The Hall–Kier alpha value is -2.91. The van der Waals surface area contributed by atoms with Gasteiger partial charge >= 0.3 is 0 Å². The zero-order chi connectivity index (χ0) is 20.5. The number of nitrogens with one attached hydrogen (secondary N) is 1. The van der Waals surface area contributed by atoms with E-state index in [1.807, 2.05) is 36.4 Å². The molecule has 0 aromatic heterocycles. The van der Waals surface area contributed by atoms with Crippen LogP contribution in [0.3, 0.4) is 0 Å². The van der Waals surface area contributed by atoms with Crippen LogP contribution in [0.25, 0.3) is 0 Å². The number of benzene rings is 3. The lowest BCUT2D eigenvalue weighted by Crippen LogP contribution is -2.29. The highest BCUT2D eigenvalue weighted by Gasteiger charge is 2.38. The summed E-state index contributed by atoms with van der Waals surface area (Å²) < 4.78 is 11.7. The molecule has 3 nitrogen and oxygen atoms in total. The van der Waals surface area contributed by atoms with Crippen LogP contribution in [0.4, 0.5) is 5.69 Å². The fourth-order valence-electron chi connectivity index (χ4n) is 4.65. The normalized spacial score (nSPS) is 21.5. The van der Waals surface area contributed by atoms with Crippen molar-refractivity contribution in [3.05, 3.63) is 101 Å². The lowest BCUT2D eigenvalue weighted by atomic mass is 9.77. The van der Waals surface area contributed by atoms with Gasteiger partial charge in [0.15, 0.2) is 11.5 Å². The Balaban J connectivity index is 1.43. The first kappa shape index (κ1) is 19.1. The van der Waals surface area contributed by atoms with E-state index in [0.29, 0.717) is 18.4 Å². The Kier molecular flexibility index (Phi) is 5.14. The van der Waals surface area contributed by atoms with Gasteiger partial charge in [0.05, 0.1) is 23.9 Å². The molecule has 0 amide bonds. The van der Waals surface area contributed by atoms with Gasteiger partial charge in [0.2, 0.25) is 0 Å². The highest BCUT2D eigenvalue weighted by molar-refractivity contribution is 6.33. The van der Waals surface area contributed by atoms with Crippen molar-refractivity contribution in [3.63, 3.8) is 0 Å². The van der Waals surface area contributed by atoms with Gasteiger partial charge in [-0.25, -0.2) is 0 Å². The van der Waals surface area contributed by atoms with E-state index >= 15 is 0 Å². The van der Waals surface area contributed by atoms with Gasteiger partial charge in [0, 0.05) is 5.92 Å². The largest absolute Gasteiger partial charge is 0.493 e. The Morgan fingerprint density at radius 2 is 1.87 bits per heavy atom. The summed E-state index contributed by atoms with van der Waals surface area (Å²) in [5.74, 6) is 2.33. The minimum Gasteiger partial charge on any atom is -0.493 e. The average Bonchev–Trinajstić information content (AvgIpc) is 3.28. The molecule has 0 bridgehead atoms. The van der Waals surface area contributed by atoms with E-state index in [0.717, 1.165) is 34.2 Å². The molecule has 3 atom stereocenters. The minimum atomic E-state index is 0.162. The van der Waals surface area contributed by atoms with Crippen molar-refractivity contribution in [1.82, 2.24) is 0 Å². The number of hydrogen-bond acceptors (Lipinski definition) is 3. The van der Waals surface area contributed by atoms with E-state index in [9.17, 15) is 0 Å². The zero-order valence-corrected chi connectivity index (χ0v) is 17.6. The highest BCUT2D eigenvalue weighted by Crippen LogP contribution is 2.52. The van der Waals surface area contributed by atoms with E-state index in [1.54, 1.807) is 7.11 Å². The first-order valence-electron chi connectivity index (χ1n) is 10.3. The van der Waals surface area contributed by atoms with Crippen molar-refractivity contribution in [2.24, 2.45) is 5.92 Å². The standard InChI is InChI=1S/C26H24ClNO2/c1-29-24-15-18(13-14-23(24)30-16-17-7-3-2-4-8-17)25-20-10-5-9-19(20)21-11-6-12-22(27)26(21)28-25/h2-9,11-15,19-20,25,28H,10,16H2,1H3/t19-,20+,25+/m1/s1. The molecule has 1 N–H and O–H groups in total. The molecule has 152 valence electrons. The van der Waals surface area contributed by atoms with Gasteiger partial charge in [-0.15, -0.1) is 0 Å². The smallest absolute Gasteiger partial charge is 0.161 e. The van der Waals surface area contributed by atoms with Gasteiger partial charge in [-0.1, -0.05) is 72.3 Å². The van der Waals surface area contributed by atoms with Crippen LogP contribution in [-0.4, -0.2) is 7.11 Å². The number of ether oxygens (including phenoxy) is 2. The zero-order valence-electron chi connectivity index (χ0n) is 16.8. The lowest BCUT2D eigenvalue weighted by molar-refractivity contribution is 0.284. The second kappa shape index (κ2) is 8.08. The topological polar surface area (TPSA) is 30.5 Å². The Labute approximate surface area is 182 Å². The predicted octanol–water partition coefficient (Wildman–Crippen LogP) is 6.75. The molecule has 4 heteroatoms. The molecular formula is C26H24ClNO2. The number of anilines is 1. The minimum absolute atomic E-state index is 0.162. The summed E-state index contributed by atoms with van der Waals surface area (Å²) in [7, 11) is 1.69. The van der Waals surface area contributed by atoms with E-state index in [1.165, 1.54) is 11.1 Å². The number of para-hydroxylation sites is 1. The monoisotopic (exact) mass is 417 g/mol. The Bertz CT molecular complexity index is 1080. The van der Waals surface area contributed by atoms with E-state index in [4.69, 9.17) is 21.1 Å². The molecule has 0 unspecified atom stereocenters. The van der Waals surface area contributed by atoms with Crippen molar-refractivity contribution >= 4 is 17.3 Å². The summed E-state index contributed by atoms with van der Waals surface area (Å²) in [6, 6.07) is 22.7. The summed E-state index contributed by atoms with van der Waals surface area (Å²) in [6.45, 7) is 0.510. The Morgan fingerprint density at radius 3 is 2.70 bits per heavy atom. The van der Waals surface area contributed by atoms with Crippen LogP contribution >= 0.6 is 11.6 Å². The fourth-order valence-corrected chi connectivity index (χ4v) is 4.88. The Morgan fingerprint density at radius 1 is 1.00 bits per heavy atom. The van der Waals surface area contributed by atoms with Gasteiger partial charge in [-0.05, 0) is 47.2 Å². The van der Waals surface area contributed by atoms with Crippen molar-refractivity contribution in [3.8, 4) is 11.5 Å². The summed E-state index contributed by atoms with van der Waals surface area (Å²) in [4.78, 5) is 0. The quantitative estimate of drug-likeness (QED) is 0.465. The van der Waals surface area contributed by atoms with Crippen LogP contribution in [-0.2, 0) is 6.61 Å². The number of hydrogen-bond donors (Lipinski definition) is 1. The molecule has 0 spiro atoms. The number of fused-ring (bicyclic) bond motifs is 3. The highest BCUT2D eigenvalue weighted by atomic mass is 35.5. The number of allylic oxidation sites excluding steroid dienone is 2. The molecule has 0 saturated heterocycles. The SMILES string of the molecule is COc1cc([C@@H]2Nc3c(Cl)cccc3[C@@H]3C=CC[C@@H]32)ccc1OCc1ccccc1. The number of rotatable bonds is 5. The lowest BCUT2D eigenvalue weighted by Gasteiger charge is -2.38. The van der Waals surface area contributed by atoms with Crippen molar-refractivity contribution in [2.45, 2.75) is 25.0 Å². The van der Waals surface area contributed by atoms with Crippen molar-refractivity contribution in [2.75, 3.05) is 12.4 Å². The van der Waals surface area contributed by atoms with E-state index in [2.05, 4.69) is 47.8 Å². The van der Waals surface area contributed by atoms with Crippen LogP contribution in [0.2, 0.25) is 5.02 Å². The second-order valence-electron chi connectivity index (χ2n) is 7.86. The molecule has 3 aromatic carbocycles. The summed E-state index contributed by atoms with van der Waals surface area (Å²) in [5, 5.41) is 4.48. The molecular weight excluding hydrogens is 394 g/mol. The maximum Gasteiger partial charge on any atom is 0.161 e. The van der Waals surface area contributed by atoms with Gasteiger partial charge < -0.3 is 14.8 Å². The van der Waals surface area contributed by atoms with Crippen LogP contribution in [0.15, 0.2) is 78.9 Å². The molecule has 30 heavy (non-hydrogen) atoms. The number of methoxy groups -OCH3 is 1. The predicted molar refractivity (Wildman–Crippen MR) is 122 cm³/mol. The first-order valence-corrected chi connectivity index (χ1v) is 10.7. The third-order valence-corrected chi connectivity index (χ3v) is 6.44. The van der Waals surface area contributed by atoms with E-state index < -0.39 is 0 Å². The van der Waals surface area contributed by atoms with Gasteiger partial charge in [-0.2, -0.15) is 0 Å². The molecule has 1 aliphatic heterocycles. The van der Waals surface area contributed by atoms with Crippen molar-refractivity contribution in [1.29, 1.82) is 0 Å². The van der Waals surface area contributed by atoms with Crippen molar-refractivity contribution < 1.29 is 9.47 Å². The third-order valence-electron chi connectivity index (χ3n) is 6.13. The van der Waals surface area contributed by atoms with Crippen LogP contribution < -0.4 is 14.8 Å². The fraction of sp³-hybridized carbons (Fsp3) is 0.231. The summed E-state index contributed by atoms with van der Waals surface area (Å²) >= 11 is 6.54. The van der Waals surface area contributed by atoms with E-state index in [-0.39, 0.29) is 6.04 Å². The van der Waals surface area contributed by atoms with Crippen LogP contribution in [0, 0.1) is 5.92 Å². The summed E-state index contributed by atoms with van der Waals surface area (Å²) in [5.41, 5.74) is 4.64. The molecule has 1 heterocycles. The van der Waals surface area contributed by atoms with Crippen LogP contribution in [0.1, 0.15) is 35.1 Å². The molecule has 0 radical (unpaired) electrons. The molecule has 0 fully saturated rings. The summed E-state index contributed by atoms with van der Waals surface area (Å²) in [6.07, 6.45) is 5.65. The molecule has 2 aliphatic rings. The molecule has 1 aliphatic carbocycles. The third kappa shape index (κ3) is 3.44. The van der Waals surface area contributed by atoms with Gasteiger partial charge in [-0.3, -0.25) is 0 Å². The van der Waals surface area contributed by atoms with Gasteiger partial charge in [0.25, 0.3) is 0 Å². The average molecular weight is 418 g/mol. The second-order valence-corrected chi connectivity index (χ2v) is 8.27. The maximum absolute atomic E-state index is 6.54. The molecule has 0 saturated carbocycles. The molecule has 3 aromatic rings.